The number of nitrogens with one attached hydrogen (secondary N) is 3. The van der Waals surface area contributed by atoms with Crippen molar-refractivity contribution in [3.8, 4) is 11.4 Å². The van der Waals surface area contributed by atoms with Crippen molar-refractivity contribution in [2.75, 3.05) is 18.4 Å². The van der Waals surface area contributed by atoms with Gasteiger partial charge < -0.3 is 20.0 Å². The lowest BCUT2D eigenvalue weighted by Crippen LogP contribution is -2.24. The number of H-pyrrole nitrogens is 1. The van der Waals surface area contributed by atoms with Gasteiger partial charge >= 0.3 is 0 Å². The Morgan fingerprint density at radius 2 is 2.16 bits per heavy atom. The van der Waals surface area contributed by atoms with Crippen LogP contribution in [0, 0.1) is 5.92 Å². The van der Waals surface area contributed by atoms with Crippen LogP contribution in [0.25, 0.3) is 33.5 Å². The zero-order valence-corrected chi connectivity index (χ0v) is 17.7. The molecular formula is C22H20BClN4O3. The number of halogens is 1. The number of aromatic amines is 1. The highest BCUT2D eigenvalue weighted by atomic mass is 35.5. The first-order valence-corrected chi connectivity index (χ1v) is 10.7. The Labute approximate surface area is 183 Å². The van der Waals surface area contributed by atoms with Gasteiger partial charge in [-0.2, -0.15) is 0 Å². The number of carbonyl (C=O) groups excluding carboxylic acids is 1. The molecule has 3 N–H and O–H groups in total. The Morgan fingerprint density at radius 3 is 2.90 bits per heavy atom. The van der Waals surface area contributed by atoms with Gasteiger partial charge in [0, 0.05) is 23.2 Å². The van der Waals surface area contributed by atoms with Crippen LogP contribution >= 0.6 is 11.6 Å². The molecule has 1 fully saturated rings. The summed E-state index contributed by atoms with van der Waals surface area (Å²) in [5.41, 5.74) is 3.26. The van der Waals surface area contributed by atoms with Crippen molar-refractivity contribution in [3.05, 3.63) is 51.8 Å². The first-order valence-electron chi connectivity index (χ1n) is 10.3. The van der Waals surface area contributed by atoms with Crippen LogP contribution in [0.3, 0.4) is 0 Å². The van der Waals surface area contributed by atoms with Gasteiger partial charge in [0.25, 0.3) is 5.56 Å². The summed E-state index contributed by atoms with van der Waals surface area (Å²) in [4.78, 5) is 32.4. The topological polar surface area (TPSA) is 100 Å². The Hall–Kier alpha value is -3.10. The van der Waals surface area contributed by atoms with Crippen LogP contribution in [0.5, 0.6) is 0 Å². The molecule has 0 aliphatic carbocycles. The number of nitrogens with zero attached hydrogens (tertiary/aromatic N) is 1. The van der Waals surface area contributed by atoms with Crippen molar-refractivity contribution < 1.29 is 9.21 Å². The number of fused-ring (bicyclic) bond motifs is 3. The minimum Gasteiger partial charge on any atom is -0.449 e. The maximum Gasteiger partial charge on any atom is 0.294 e. The molecule has 0 radical (unpaired) electrons. The quantitative estimate of drug-likeness (QED) is 0.429. The molecule has 7 nitrogen and oxygen atoms in total. The number of amides is 1. The van der Waals surface area contributed by atoms with E-state index in [0.717, 1.165) is 31.1 Å². The first kappa shape index (κ1) is 19.8. The fourth-order valence-corrected chi connectivity index (χ4v) is 4.23. The van der Waals surface area contributed by atoms with Crippen molar-refractivity contribution in [1.29, 1.82) is 0 Å². The standard InChI is InChI=1S/C22H20BClN4O3/c1-23-12-2-5-17-15(8-12)18-19(31-17)22(30)28-20(27-18)14-4-3-13(9-16(14)24)26-21(29)11-6-7-25-10-11/h2-5,8-9,11,23,25H,6-7,10H2,1H3,(H,26,29)(H,27,28,30). The normalized spacial score (nSPS) is 16.1. The number of hydrogen-bond acceptors (Lipinski definition) is 5. The van der Waals surface area contributed by atoms with Crippen LogP contribution in [-0.4, -0.2) is 36.2 Å². The van der Waals surface area contributed by atoms with E-state index in [1.54, 1.807) is 18.2 Å². The zero-order chi connectivity index (χ0) is 21.5. The smallest absolute Gasteiger partial charge is 0.294 e. The third kappa shape index (κ3) is 3.62. The average molecular weight is 435 g/mol. The molecule has 2 aromatic heterocycles. The van der Waals surface area contributed by atoms with Crippen molar-refractivity contribution in [3.63, 3.8) is 0 Å². The molecular weight excluding hydrogens is 415 g/mol. The lowest BCUT2D eigenvalue weighted by Gasteiger charge is -2.11. The van der Waals surface area contributed by atoms with Gasteiger partial charge in [0.1, 0.15) is 16.9 Å². The van der Waals surface area contributed by atoms with E-state index in [0.29, 0.717) is 39.7 Å². The average Bonchev–Trinajstić information content (AvgIpc) is 3.42. The molecule has 1 unspecified atom stereocenters. The second-order valence-electron chi connectivity index (χ2n) is 7.75. The van der Waals surface area contributed by atoms with E-state index in [4.69, 9.17) is 16.0 Å². The van der Waals surface area contributed by atoms with E-state index in [9.17, 15) is 9.59 Å². The molecule has 5 rings (SSSR count). The monoisotopic (exact) mass is 434 g/mol. The highest BCUT2D eigenvalue weighted by Gasteiger charge is 2.23. The third-order valence-electron chi connectivity index (χ3n) is 5.72. The summed E-state index contributed by atoms with van der Waals surface area (Å²) in [7, 11) is 0.870. The Balaban J connectivity index is 1.53. The van der Waals surface area contributed by atoms with Crippen molar-refractivity contribution in [2.45, 2.75) is 13.2 Å². The molecule has 0 saturated carbocycles. The van der Waals surface area contributed by atoms with E-state index in [-0.39, 0.29) is 23.0 Å². The molecule has 3 heterocycles. The first-order chi connectivity index (χ1) is 15.0. The second-order valence-corrected chi connectivity index (χ2v) is 8.16. The predicted molar refractivity (Wildman–Crippen MR) is 125 cm³/mol. The summed E-state index contributed by atoms with van der Waals surface area (Å²) in [5.74, 6) is 0.282. The highest BCUT2D eigenvalue weighted by Crippen LogP contribution is 2.31. The maximum atomic E-state index is 12.7. The van der Waals surface area contributed by atoms with Gasteiger partial charge in [-0.3, -0.25) is 9.59 Å². The van der Waals surface area contributed by atoms with Gasteiger partial charge in [-0.1, -0.05) is 36.0 Å². The van der Waals surface area contributed by atoms with Crippen molar-refractivity contribution in [1.82, 2.24) is 15.3 Å². The predicted octanol–water partition coefficient (Wildman–Crippen LogP) is 2.65. The molecule has 1 aliphatic heterocycles. The van der Waals surface area contributed by atoms with Gasteiger partial charge in [0.15, 0.2) is 7.28 Å². The number of hydrogen-bond donors (Lipinski definition) is 3. The van der Waals surface area contributed by atoms with Crippen LogP contribution in [0.4, 0.5) is 5.69 Å². The number of carbonyl (C=O) groups is 1. The van der Waals surface area contributed by atoms with Gasteiger partial charge in [-0.05, 0) is 37.2 Å². The SMILES string of the molecule is CBc1ccc2oc3c(=O)[nH]c(-c4ccc(NC(=O)C5CCNC5)cc4Cl)nc3c2c1. The molecule has 1 amide bonds. The molecule has 31 heavy (non-hydrogen) atoms. The molecule has 4 aromatic rings. The highest BCUT2D eigenvalue weighted by molar-refractivity contribution is 6.52. The maximum absolute atomic E-state index is 12.7. The molecule has 156 valence electrons. The second kappa shape index (κ2) is 7.87. The molecule has 1 aliphatic rings. The van der Waals surface area contributed by atoms with Gasteiger partial charge in [0.2, 0.25) is 11.5 Å². The minimum absolute atomic E-state index is 0.0293. The summed E-state index contributed by atoms with van der Waals surface area (Å²) < 4.78 is 5.72. The molecule has 0 spiro atoms. The summed E-state index contributed by atoms with van der Waals surface area (Å²) >= 11 is 6.50. The van der Waals surface area contributed by atoms with Gasteiger partial charge in [0.05, 0.1) is 10.9 Å². The molecule has 1 atom stereocenters. The number of benzene rings is 2. The summed E-state index contributed by atoms with van der Waals surface area (Å²) in [6, 6.07) is 11.0. The van der Waals surface area contributed by atoms with Crippen LogP contribution in [0.1, 0.15) is 6.42 Å². The van der Waals surface area contributed by atoms with Gasteiger partial charge in [-0.25, -0.2) is 4.98 Å². The largest absolute Gasteiger partial charge is 0.449 e. The fourth-order valence-electron chi connectivity index (χ4n) is 3.96. The van der Waals surface area contributed by atoms with Crippen molar-refractivity contribution >= 4 is 58.0 Å². The Morgan fingerprint density at radius 1 is 1.29 bits per heavy atom. The number of aromatic nitrogens is 2. The number of anilines is 1. The van der Waals surface area contributed by atoms with Gasteiger partial charge in [-0.15, -0.1) is 0 Å². The summed E-state index contributed by atoms with van der Waals surface area (Å²) in [5, 5.41) is 7.27. The van der Waals surface area contributed by atoms with E-state index >= 15 is 0 Å². The van der Waals surface area contributed by atoms with E-state index in [2.05, 4.69) is 27.4 Å². The van der Waals surface area contributed by atoms with Crippen molar-refractivity contribution in [2.24, 2.45) is 5.92 Å². The van der Waals surface area contributed by atoms with Crippen LogP contribution in [0.2, 0.25) is 11.8 Å². The minimum atomic E-state index is -0.364. The summed E-state index contributed by atoms with van der Waals surface area (Å²) in [6.07, 6.45) is 0.821. The molecule has 0 bridgehead atoms. The summed E-state index contributed by atoms with van der Waals surface area (Å²) in [6.45, 7) is 3.60. The Kier molecular flexibility index (Phi) is 5.04. The van der Waals surface area contributed by atoms with E-state index in [1.807, 2.05) is 18.2 Å². The lowest BCUT2D eigenvalue weighted by molar-refractivity contribution is -0.119. The fraction of sp³-hybridized carbons (Fsp3) is 0.227. The van der Waals surface area contributed by atoms with Crippen LogP contribution in [-0.2, 0) is 4.79 Å². The van der Waals surface area contributed by atoms with E-state index in [1.165, 1.54) is 0 Å². The third-order valence-corrected chi connectivity index (χ3v) is 6.03. The number of rotatable bonds is 4. The van der Waals surface area contributed by atoms with Crippen LogP contribution < -0.4 is 21.7 Å². The molecule has 1 saturated heterocycles. The van der Waals surface area contributed by atoms with Crippen LogP contribution in [0.15, 0.2) is 45.6 Å². The Bertz CT molecular complexity index is 1370. The molecule has 9 heteroatoms. The molecule has 2 aromatic carbocycles. The zero-order valence-electron chi connectivity index (χ0n) is 16.9. The van der Waals surface area contributed by atoms with E-state index < -0.39 is 0 Å². The lowest BCUT2D eigenvalue weighted by atomic mass is 9.73. The number of furan rings is 1.